The Morgan fingerprint density at radius 3 is 2.74 bits per heavy atom. The lowest BCUT2D eigenvalue weighted by Crippen LogP contribution is -2.12. The van der Waals surface area contributed by atoms with Crippen LogP contribution < -0.4 is 10.1 Å². The number of anilines is 1. The van der Waals surface area contributed by atoms with Crippen LogP contribution in [0.2, 0.25) is 0 Å². The second kappa shape index (κ2) is 9.13. The Balaban J connectivity index is 1.55. The number of alkyl halides is 2. The third-order valence-corrected chi connectivity index (χ3v) is 4.21. The fraction of sp³-hybridized carbons (Fsp3) is 0.167. The average molecular weight is 390 g/mol. The number of nitrogens with zero attached hydrogens (tertiary/aromatic N) is 3. The Labute approximate surface area is 158 Å². The molecule has 9 heteroatoms. The summed E-state index contributed by atoms with van der Waals surface area (Å²) in [6.45, 7) is 0.962. The molecule has 140 valence electrons. The summed E-state index contributed by atoms with van der Waals surface area (Å²) in [7, 11) is 0. The number of thioether (sulfide) groups is 1. The van der Waals surface area contributed by atoms with E-state index in [9.17, 15) is 13.6 Å². The van der Waals surface area contributed by atoms with Crippen LogP contribution in [0.5, 0.6) is 5.75 Å². The first-order chi connectivity index (χ1) is 13.1. The van der Waals surface area contributed by atoms with Crippen molar-refractivity contribution in [2.45, 2.75) is 17.2 Å². The van der Waals surface area contributed by atoms with Crippen LogP contribution in [0.25, 0.3) is 0 Å². The van der Waals surface area contributed by atoms with Crippen molar-refractivity contribution in [2.75, 3.05) is 11.9 Å². The Bertz CT molecular complexity index is 873. The molecule has 0 aliphatic carbocycles. The van der Waals surface area contributed by atoms with Gasteiger partial charge < -0.3 is 10.1 Å². The number of hydrogen-bond acceptors (Lipinski definition) is 5. The molecule has 1 heterocycles. The molecule has 0 fully saturated rings. The monoisotopic (exact) mass is 390 g/mol. The smallest absolute Gasteiger partial charge is 0.288 e. The molecule has 0 aliphatic rings. The van der Waals surface area contributed by atoms with Crippen molar-refractivity contribution < 1.29 is 18.3 Å². The molecule has 27 heavy (non-hydrogen) atoms. The zero-order valence-corrected chi connectivity index (χ0v) is 14.9. The van der Waals surface area contributed by atoms with Gasteiger partial charge in [0, 0.05) is 22.2 Å². The van der Waals surface area contributed by atoms with Gasteiger partial charge in [0.05, 0.1) is 6.54 Å². The first kappa shape index (κ1) is 18.8. The van der Waals surface area contributed by atoms with Crippen LogP contribution in [-0.4, -0.2) is 33.0 Å². The quantitative estimate of drug-likeness (QED) is 0.591. The number of nitrogens with one attached hydrogen (secondary N) is 1. The Morgan fingerprint density at radius 2 is 2.04 bits per heavy atom. The van der Waals surface area contributed by atoms with E-state index in [1.165, 1.54) is 30.6 Å². The number of aromatic nitrogens is 3. The van der Waals surface area contributed by atoms with Crippen molar-refractivity contribution in [2.24, 2.45) is 0 Å². The maximum Gasteiger partial charge on any atom is 0.288 e. The van der Waals surface area contributed by atoms with Crippen LogP contribution in [0, 0.1) is 0 Å². The normalized spacial score (nSPS) is 10.8. The molecule has 1 aromatic heterocycles. The van der Waals surface area contributed by atoms with E-state index in [1.54, 1.807) is 35.3 Å². The lowest BCUT2D eigenvalue weighted by Gasteiger charge is -2.09. The molecule has 0 atom stereocenters. The van der Waals surface area contributed by atoms with Crippen molar-refractivity contribution >= 4 is 23.4 Å². The highest BCUT2D eigenvalue weighted by atomic mass is 32.2. The van der Waals surface area contributed by atoms with E-state index in [0.717, 1.165) is 0 Å². The first-order valence-electron chi connectivity index (χ1n) is 8.01. The highest BCUT2D eigenvalue weighted by molar-refractivity contribution is 7.99. The highest BCUT2D eigenvalue weighted by Crippen LogP contribution is 2.25. The van der Waals surface area contributed by atoms with Gasteiger partial charge in [-0.3, -0.25) is 4.79 Å². The van der Waals surface area contributed by atoms with Gasteiger partial charge in [-0.15, -0.1) is 0 Å². The largest absolute Gasteiger partial charge is 0.492 e. The molecule has 0 aliphatic heterocycles. The fourth-order valence-electron chi connectivity index (χ4n) is 2.26. The summed E-state index contributed by atoms with van der Waals surface area (Å²) in [5.41, 5.74) is 0.954. The van der Waals surface area contributed by atoms with Crippen molar-refractivity contribution in [1.29, 1.82) is 0 Å². The minimum absolute atomic E-state index is 0.330. The topological polar surface area (TPSA) is 69.0 Å². The summed E-state index contributed by atoms with van der Waals surface area (Å²) in [6.07, 6.45) is 3.06. The van der Waals surface area contributed by atoms with Gasteiger partial charge in [-0.1, -0.05) is 17.8 Å². The van der Waals surface area contributed by atoms with Crippen molar-refractivity contribution in [3.63, 3.8) is 0 Å². The van der Waals surface area contributed by atoms with E-state index in [4.69, 9.17) is 4.74 Å². The number of amides is 1. The summed E-state index contributed by atoms with van der Waals surface area (Å²) in [4.78, 5) is 16.6. The van der Waals surface area contributed by atoms with Crippen molar-refractivity contribution in [3.05, 3.63) is 66.7 Å². The Morgan fingerprint density at radius 1 is 1.22 bits per heavy atom. The molecule has 0 saturated heterocycles. The average Bonchev–Trinajstić information content (AvgIpc) is 3.15. The second-order valence-electron chi connectivity index (χ2n) is 5.39. The summed E-state index contributed by atoms with van der Waals surface area (Å²) in [5, 5.41) is 6.75. The SMILES string of the molecule is O=C(Nc1cccc(OCCn2cncn2)c1)c1ccc(SC(F)F)cc1. The van der Waals surface area contributed by atoms with Gasteiger partial charge in [-0.25, -0.2) is 9.67 Å². The Hall–Kier alpha value is -2.94. The van der Waals surface area contributed by atoms with E-state index in [1.807, 2.05) is 0 Å². The zero-order chi connectivity index (χ0) is 19.1. The number of rotatable bonds is 8. The highest BCUT2D eigenvalue weighted by Gasteiger charge is 2.09. The van der Waals surface area contributed by atoms with Crippen molar-refractivity contribution in [3.8, 4) is 5.75 Å². The molecular formula is C18H16F2N4O2S. The van der Waals surface area contributed by atoms with Gasteiger partial charge in [0.2, 0.25) is 0 Å². The molecular weight excluding hydrogens is 374 g/mol. The number of ether oxygens (including phenoxy) is 1. The number of halogens is 2. The van der Waals surface area contributed by atoms with Crippen LogP contribution in [0.3, 0.4) is 0 Å². The predicted molar refractivity (Wildman–Crippen MR) is 98.2 cm³/mol. The van der Waals surface area contributed by atoms with Gasteiger partial charge in [0.25, 0.3) is 11.7 Å². The van der Waals surface area contributed by atoms with Crippen LogP contribution in [0.15, 0.2) is 66.1 Å². The molecule has 0 unspecified atom stereocenters. The second-order valence-corrected chi connectivity index (χ2v) is 6.46. The first-order valence-corrected chi connectivity index (χ1v) is 8.89. The molecule has 0 bridgehead atoms. The molecule has 0 spiro atoms. The summed E-state index contributed by atoms with van der Waals surface area (Å²) >= 11 is 0.440. The zero-order valence-electron chi connectivity index (χ0n) is 14.1. The van der Waals surface area contributed by atoms with Gasteiger partial charge in [-0.05, 0) is 36.4 Å². The fourth-order valence-corrected chi connectivity index (χ4v) is 2.76. The summed E-state index contributed by atoms with van der Waals surface area (Å²) in [6, 6.07) is 13.0. The van der Waals surface area contributed by atoms with E-state index >= 15 is 0 Å². The van der Waals surface area contributed by atoms with Crippen LogP contribution in [0.4, 0.5) is 14.5 Å². The maximum atomic E-state index is 12.3. The number of carbonyl (C=O) groups excluding carboxylic acids is 1. The third kappa shape index (κ3) is 5.78. The van der Waals surface area contributed by atoms with E-state index in [2.05, 4.69) is 15.4 Å². The minimum Gasteiger partial charge on any atom is -0.492 e. The molecule has 1 N–H and O–H groups in total. The van der Waals surface area contributed by atoms with E-state index in [0.29, 0.717) is 46.8 Å². The number of hydrogen-bond donors (Lipinski definition) is 1. The lowest BCUT2D eigenvalue weighted by molar-refractivity contribution is 0.102. The number of carbonyl (C=O) groups is 1. The molecule has 1 amide bonds. The number of benzene rings is 2. The van der Waals surface area contributed by atoms with Crippen molar-refractivity contribution in [1.82, 2.24) is 14.8 Å². The minimum atomic E-state index is -2.49. The van der Waals surface area contributed by atoms with E-state index in [-0.39, 0.29) is 5.91 Å². The molecule has 3 rings (SSSR count). The predicted octanol–water partition coefficient (Wildman–Crippen LogP) is 3.92. The molecule has 6 nitrogen and oxygen atoms in total. The van der Waals surface area contributed by atoms with Gasteiger partial charge >= 0.3 is 0 Å². The Kier molecular flexibility index (Phi) is 6.37. The standard InChI is InChI=1S/C18H16F2N4O2S/c19-18(20)27-16-6-4-13(5-7-16)17(25)23-14-2-1-3-15(10-14)26-9-8-24-12-21-11-22-24/h1-7,10-12,18H,8-9H2,(H,23,25). The molecule has 2 aromatic carbocycles. The van der Waals surface area contributed by atoms with Gasteiger partial charge in [-0.2, -0.15) is 13.9 Å². The van der Waals surface area contributed by atoms with Crippen LogP contribution in [0.1, 0.15) is 10.4 Å². The molecule has 0 radical (unpaired) electrons. The summed E-state index contributed by atoms with van der Waals surface area (Å²) in [5.74, 6) is -2.21. The lowest BCUT2D eigenvalue weighted by atomic mass is 10.2. The summed E-state index contributed by atoms with van der Waals surface area (Å²) < 4.78 is 32.0. The van der Waals surface area contributed by atoms with Crippen LogP contribution in [-0.2, 0) is 6.54 Å². The van der Waals surface area contributed by atoms with E-state index < -0.39 is 5.76 Å². The molecule has 0 saturated carbocycles. The maximum absolute atomic E-state index is 12.3. The van der Waals surface area contributed by atoms with Crippen LogP contribution >= 0.6 is 11.8 Å². The van der Waals surface area contributed by atoms with Gasteiger partial charge in [0.15, 0.2) is 0 Å². The third-order valence-electron chi connectivity index (χ3n) is 3.49. The van der Waals surface area contributed by atoms with Gasteiger partial charge in [0.1, 0.15) is 25.0 Å². The molecule has 3 aromatic rings.